The summed E-state index contributed by atoms with van der Waals surface area (Å²) in [7, 11) is 3.41. The number of hydrogen-bond donors (Lipinski definition) is 1. The fourth-order valence-electron chi connectivity index (χ4n) is 3.14. The highest BCUT2D eigenvalue weighted by Gasteiger charge is 2.40. The first-order valence-electron chi connectivity index (χ1n) is 7.61. The van der Waals surface area contributed by atoms with Crippen LogP contribution in [0.25, 0.3) is 11.3 Å². The van der Waals surface area contributed by atoms with Gasteiger partial charge in [0.25, 0.3) is 5.91 Å². The number of carbonyl (C=O) groups excluding carboxylic acids is 1. The average molecular weight is 320 g/mol. The van der Waals surface area contributed by atoms with E-state index in [1.165, 1.54) is 0 Å². The second-order valence-corrected chi connectivity index (χ2v) is 5.67. The molecular formula is C18H16N4O2. The molecule has 0 saturated heterocycles. The Morgan fingerprint density at radius 3 is 2.83 bits per heavy atom. The molecule has 1 amide bonds. The highest BCUT2D eigenvalue weighted by atomic mass is 16.5. The van der Waals surface area contributed by atoms with Crippen LogP contribution in [0, 0.1) is 0 Å². The van der Waals surface area contributed by atoms with Crippen LogP contribution in [0.2, 0.25) is 0 Å². The lowest BCUT2D eigenvalue weighted by molar-refractivity contribution is 0.0786. The van der Waals surface area contributed by atoms with E-state index in [9.17, 15) is 4.79 Å². The van der Waals surface area contributed by atoms with Gasteiger partial charge in [-0.15, -0.1) is 0 Å². The third-order valence-corrected chi connectivity index (χ3v) is 4.31. The lowest BCUT2D eigenvalue weighted by Gasteiger charge is -2.20. The van der Waals surface area contributed by atoms with Crippen LogP contribution in [0.3, 0.4) is 0 Å². The molecular weight excluding hydrogens is 304 g/mol. The molecule has 3 aromatic rings. The normalized spacial score (nSPS) is 16.3. The third-order valence-electron chi connectivity index (χ3n) is 4.31. The van der Waals surface area contributed by atoms with Crippen LogP contribution in [0.15, 0.2) is 48.7 Å². The fourth-order valence-corrected chi connectivity index (χ4v) is 3.14. The first kappa shape index (κ1) is 14.4. The lowest BCUT2D eigenvalue weighted by atomic mass is 9.99. The number of hydrogen-bond acceptors (Lipinski definition) is 4. The first-order chi connectivity index (χ1) is 11.7. The summed E-state index contributed by atoms with van der Waals surface area (Å²) >= 11 is 0. The third kappa shape index (κ3) is 2.07. The molecule has 1 aliphatic heterocycles. The van der Waals surface area contributed by atoms with Gasteiger partial charge in [0, 0.05) is 24.4 Å². The Kier molecular flexibility index (Phi) is 3.30. The summed E-state index contributed by atoms with van der Waals surface area (Å²) in [6.45, 7) is 0. The van der Waals surface area contributed by atoms with Gasteiger partial charge in [0.05, 0.1) is 18.5 Å². The van der Waals surface area contributed by atoms with E-state index < -0.39 is 0 Å². The summed E-state index contributed by atoms with van der Waals surface area (Å²) in [5, 5.41) is 7.28. The number of benzene rings is 1. The zero-order valence-electron chi connectivity index (χ0n) is 13.4. The van der Waals surface area contributed by atoms with Crippen molar-refractivity contribution in [1.29, 1.82) is 0 Å². The Morgan fingerprint density at radius 2 is 2.08 bits per heavy atom. The van der Waals surface area contributed by atoms with E-state index in [4.69, 9.17) is 4.74 Å². The lowest BCUT2D eigenvalue weighted by Crippen LogP contribution is -2.25. The van der Waals surface area contributed by atoms with Crippen molar-refractivity contribution < 1.29 is 9.53 Å². The molecule has 6 heteroatoms. The summed E-state index contributed by atoms with van der Waals surface area (Å²) < 4.78 is 5.30. The Morgan fingerprint density at radius 1 is 1.21 bits per heavy atom. The number of rotatable bonds is 3. The molecule has 0 fully saturated rings. The summed E-state index contributed by atoms with van der Waals surface area (Å²) in [5.41, 5.74) is 3.84. The Labute approximate surface area is 139 Å². The van der Waals surface area contributed by atoms with Gasteiger partial charge in [0.15, 0.2) is 0 Å². The van der Waals surface area contributed by atoms with Crippen LogP contribution < -0.4 is 4.74 Å². The van der Waals surface area contributed by atoms with E-state index in [0.717, 1.165) is 28.3 Å². The quantitative estimate of drug-likeness (QED) is 0.805. The Balaban J connectivity index is 1.89. The van der Waals surface area contributed by atoms with Gasteiger partial charge in [0.2, 0.25) is 0 Å². The molecule has 24 heavy (non-hydrogen) atoms. The fraction of sp³-hybridized carbons (Fsp3) is 0.167. The SMILES string of the molecule is COc1cccc(-c2n[nH]c3c2[C@H](c2ccccn2)N(C)C3=O)c1. The molecule has 1 aliphatic rings. The van der Waals surface area contributed by atoms with E-state index in [2.05, 4.69) is 15.2 Å². The number of aromatic nitrogens is 3. The number of pyridine rings is 1. The van der Waals surface area contributed by atoms with E-state index in [1.54, 1.807) is 25.3 Å². The summed E-state index contributed by atoms with van der Waals surface area (Å²) in [6.07, 6.45) is 1.73. The summed E-state index contributed by atoms with van der Waals surface area (Å²) in [4.78, 5) is 18.7. The van der Waals surface area contributed by atoms with Crippen molar-refractivity contribution in [3.05, 3.63) is 65.6 Å². The standard InChI is InChI=1S/C18H16N4O2/c1-22-17(13-8-3-4-9-19-13)14-15(20-21-16(14)18(22)23)11-6-5-7-12(10-11)24-2/h3-10,17H,1-2H3,(H,20,21)/t17-/m0/s1. The zero-order valence-corrected chi connectivity index (χ0v) is 13.4. The minimum atomic E-state index is -0.256. The molecule has 6 nitrogen and oxygen atoms in total. The Hall–Kier alpha value is -3.15. The van der Waals surface area contributed by atoms with Crippen molar-refractivity contribution in [2.24, 2.45) is 0 Å². The van der Waals surface area contributed by atoms with Gasteiger partial charge in [0.1, 0.15) is 17.5 Å². The van der Waals surface area contributed by atoms with Crippen molar-refractivity contribution in [1.82, 2.24) is 20.1 Å². The number of amides is 1. The van der Waals surface area contributed by atoms with Crippen LogP contribution in [-0.2, 0) is 0 Å². The number of carbonyl (C=O) groups is 1. The topological polar surface area (TPSA) is 71.1 Å². The number of fused-ring (bicyclic) bond motifs is 1. The van der Waals surface area contributed by atoms with Gasteiger partial charge in [-0.05, 0) is 24.3 Å². The van der Waals surface area contributed by atoms with Crippen molar-refractivity contribution in [2.45, 2.75) is 6.04 Å². The van der Waals surface area contributed by atoms with Gasteiger partial charge in [-0.25, -0.2) is 0 Å². The van der Waals surface area contributed by atoms with E-state index in [-0.39, 0.29) is 11.9 Å². The molecule has 0 aliphatic carbocycles. The van der Waals surface area contributed by atoms with Crippen LogP contribution in [0.1, 0.15) is 27.8 Å². The number of aromatic amines is 1. The molecule has 3 heterocycles. The summed E-state index contributed by atoms with van der Waals surface area (Å²) in [6, 6.07) is 13.1. The van der Waals surface area contributed by atoms with Crippen molar-refractivity contribution in [3.63, 3.8) is 0 Å². The molecule has 0 saturated carbocycles. The van der Waals surface area contributed by atoms with Gasteiger partial charge in [-0.3, -0.25) is 14.9 Å². The smallest absolute Gasteiger partial charge is 0.272 e. The molecule has 2 aromatic heterocycles. The number of nitrogens with zero attached hydrogens (tertiary/aromatic N) is 3. The maximum Gasteiger partial charge on any atom is 0.272 e. The molecule has 0 spiro atoms. The van der Waals surface area contributed by atoms with E-state index in [1.807, 2.05) is 42.5 Å². The van der Waals surface area contributed by atoms with Gasteiger partial charge in [-0.1, -0.05) is 18.2 Å². The largest absolute Gasteiger partial charge is 0.497 e. The highest BCUT2D eigenvalue weighted by Crippen LogP contribution is 2.41. The predicted octanol–water partition coefficient (Wildman–Crippen LogP) is 2.66. The predicted molar refractivity (Wildman–Crippen MR) is 88.7 cm³/mol. The van der Waals surface area contributed by atoms with Crippen molar-refractivity contribution >= 4 is 5.91 Å². The molecule has 1 N–H and O–H groups in total. The number of H-pyrrole nitrogens is 1. The molecule has 0 unspecified atom stereocenters. The summed E-state index contributed by atoms with van der Waals surface area (Å²) in [5.74, 6) is 0.665. The van der Waals surface area contributed by atoms with Crippen LogP contribution in [0.5, 0.6) is 5.75 Å². The molecule has 120 valence electrons. The maximum atomic E-state index is 12.6. The van der Waals surface area contributed by atoms with Crippen LogP contribution in [-0.4, -0.2) is 40.1 Å². The second-order valence-electron chi connectivity index (χ2n) is 5.67. The van der Waals surface area contributed by atoms with Gasteiger partial charge < -0.3 is 9.64 Å². The number of ether oxygens (including phenoxy) is 1. The zero-order chi connectivity index (χ0) is 16.7. The van der Waals surface area contributed by atoms with Crippen LogP contribution >= 0.6 is 0 Å². The monoisotopic (exact) mass is 320 g/mol. The van der Waals surface area contributed by atoms with E-state index >= 15 is 0 Å². The second kappa shape index (κ2) is 5.49. The highest BCUT2D eigenvalue weighted by molar-refractivity contribution is 5.99. The average Bonchev–Trinajstić information content (AvgIpc) is 3.16. The minimum Gasteiger partial charge on any atom is -0.497 e. The molecule has 1 atom stereocenters. The van der Waals surface area contributed by atoms with Crippen molar-refractivity contribution in [2.75, 3.05) is 14.2 Å². The Bertz CT molecular complexity index is 904. The van der Waals surface area contributed by atoms with E-state index in [0.29, 0.717) is 5.69 Å². The van der Waals surface area contributed by atoms with Gasteiger partial charge >= 0.3 is 0 Å². The van der Waals surface area contributed by atoms with Crippen molar-refractivity contribution in [3.8, 4) is 17.0 Å². The minimum absolute atomic E-state index is 0.0812. The van der Waals surface area contributed by atoms with Crippen LogP contribution in [0.4, 0.5) is 0 Å². The molecule has 1 aromatic carbocycles. The number of methoxy groups -OCH3 is 1. The molecule has 0 radical (unpaired) electrons. The maximum absolute atomic E-state index is 12.6. The molecule has 4 rings (SSSR count). The van der Waals surface area contributed by atoms with Gasteiger partial charge in [-0.2, -0.15) is 5.10 Å². The molecule has 0 bridgehead atoms. The number of nitrogens with one attached hydrogen (secondary N) is 1. The first-order valence-corrected chi connectivity index (χ1v) is 7.61.